The number of carbonyl (C=O) groups excluding carboxylic acids is 1. The van der Waals surface area contributed by atoms with Crippen molar-refractivity contribution in [1.82, 2.24) is 14.8 Å². The van der Waals surface area contributed by atoms with Crippen molar-refractivity contribution in [2.75, 3.05) is 7.11 Å². The predicted molar refractivity (Wildman–Crippen MR) is 99.4 cm³/mol. The van der Waals surface area contributed by atoms with Crippen molar-refractivity contribution in [3.63, 3.8) is 0 Å². The maximum atomic E-state index is 13.8. The molecule has 0 N–H and O–H groups in total. The topological polar surface area (TPSA) is 66.2 Å². The molecule has 1 atom stereocenters. The molecule has 3 rings (SSSR count). The summed E-state index contributed by atoms with van der Waals surface area (Å²) in [5.41, 5.74) is 0.814. The summed E-state index contributed by atoms with van der Waals surface area (Å²) in [5.74, 6) is -0.176. The van der Waals surface area contributed by atoms with Crippen molar-refractivity contribution >= 4 is 17.7 Å². The summed E-state index contributed by atoms with van der Waals surface area (Å²) in [7, 11) is 1.34. The Bertz CT molecular complexity index is 918. The summed E-state index contributed by atoms with van der Waals surface area (Å²) in [6.07, 6.45) is 0. The standard InChI is InChI=1S/C19H18FN3O3S/c1-13(18(24)25-2)27-19-22-21-17(23(19)14-8-4-3-5-9-14)12-26-16-11-7-6-10-15(16)20/h3-11,13H,12H2,1-2H3/t13-/m0/s1. The highest BCUT2D eigenvalue weighted by Gasteiger charge is 2.22. The number of rotatable bonds is 7. The number of benzene rings is 2. The van der Waals surface area contributed by atoms with E-state index in [2.05, 4.69) is 10.2 Å². The molecular weight excluding hydrogens is 369 g/mol. The number of thioether (sulfide) groups is 1. The third kappa shape index (κ3) is 4.46. The third-order valence-electron chi connectivity index (χ3n) is 3.72. The molecule has 0 fully saturated rings. The van der Waals surface area contributed by atoms with Gasteiger partial charge in [0.2, 0.25) is 0 Å². The van der Waals surface area contributed by atoms with Gasteiger partial charge in [0.05, 0.1) is 7.11 Å². The summed E-state index contributed by atoms with van der Waals surface area (Å²) < 4.78 is 25.9. The van der Waals surface area contributed by atoms with Crippen LogP contribution in [0.2, 0.25) is 0 Å². The molecule has 6 nitrogen and oxygen atoms in total. The van der Waals surface area contributed by atoms with Crippen LogP contribution in [0, 0.1) is 5.82 Å². The number of aromatic nitrogens is 3. The lowest BCUT2D eigenvalue weighted by Crippen LogP contribution is -2.16. The Labute approximate surface area is 160 Å². The maximum Gasteiger partial charge on any atom is 0.318 e. The van der Waals surface area contributed by atoms with Crippen LogP contribution in [-0.2, 0) is 16.1 Å². The van der Waals surface area contributed by atoms with Crippen molar-refractivity contribution < 1.29 is 18.7 Å². The highest BCUT2D eigenvalue weighted by Crippen LogP contribution is 2.27. The first-order valence-corrected chi connectivity index (χ1v) is 9.09. The van der Waals surface area contributed by atoms with Gasteiger partial charge in [0.25, 0.3) is 0 Å². The molecule has 0 aliphatic heterocycles. The van der Waals surface area contributed by atoms with E-state index in [1.54, 1.807) is 29.7 Å². The molecule has 0 saturated carbocycles. The van der Waals surface area contributed by atoms with Crippen LogP contribution >= 0.6 is 11.8 Å². The van der Waals surface area contributed by atoms with Gasteiger partial charge in [-0.05, 0) is 31.2 Å². The molecule has 0 bridgehead atoms. The molecule has 0 unspecified atom stereocenters. The number of ether oxygens (including phenoxy) is 2. The average molecular weight is 387 g/mol. The molecule has 140 valence electrons. The molecule has 0 aliphatic carbocycles. The van der Waals surface area contributed by atoms with E-state index in [9.17, 15) is 9.18 Å². The number of esters is 1. The number of halogens is 1. The molecule has 0 spiro atoms. The van der Waals surface area contributed by atoms with E-state index < -0.39 is 11.1 Å². The summed E-state index contributed by atoms with van der Waals surface area (Å²) in [4.78, 5) is 11.8. The van der Waals surface area contributed by atoms with Crippen molar-refractivity contribution in [2.24, 2.45) is 0 Å². The van der Waals surface area contributed by atoms with E-state index in [1.807, 2.05) is 30.3 Å². The Morgan fingerprint density at radius 3 is 2.56 bits per heavy atom. The van der Waals surface area contributed by atoms with Gasteiger partial charge in [-0.2, -0.15) is 0 Å². The van der Waals surface area contributed by atoms with E-state index in [0.29, 0.717) is 11.0 Å². The fourth-order valence-electron chi connectivity index (χ4n) is 2.38. The van der Waals surface area contributed by atoms with Crippen LogP contribution < -0.4 is 4.74 Å². The Morgan fingerprint density at radius 2 is 1.85 bits per heavy atom. The molecular formula is C19H18FN3O3S. The normalized spacial score (nSPS) is 11.8. The van der Waals surface area contributed by atoms with E-state index in [4.69, 9.17) is 9.47 Å². The van der Waals surface area contributed by atoms with Gasteiger partial charge in [0.1, 0.15) is 11.9 Å². The van der Waals surface area contributed by atoms with Crippen LogP contribution in [0.15, 0.2) is 59.8 Å². The summed E-state index contributed by atoms with van der Waals surface area (Å²) in [6.45, 7) is 1.76. The van der Waals surface area contributed by atoms with Crippen LogP contribution in [-0.4, -0.2) is 33.1 Å². The van der Waals surface area contributed by atoms with Crippen molar-refractivity contribution in [3.05, 3.63) is 66.2 Å². The van der Waals surface area contributed by atoms with Gasteiger partial charge < -0.3 is 9.47 Å². The van der Waals surface area contributed by atoms with Gasteiger partial charge in [0, 0.05) is 5.69 Å². The number of hydrogen-bond donors (Lipinski definition) is 0. The third-order valence-corrected chi connectivity index (χ3v) is 4.74. The second-order valence-corrected chi connectivity index (χ2v) is 6.88. The Hall–Kier alpha value is -2.87. The fraction of sp³-hybridized carbons (Fsp3) is 0.211. The molecule has 0 radical (unpaired) electrons. The van der Waals surface area contributed by atoms with E-state index in [0.717, 1.165) is 5.69 Å². The highest BCUT2D eigenvalue weighted by molar-refractivity contribution is 8.00. The number of methoxy groups -OCH3 is 1. The number of carbonyl (C=O) groups is 1. The second-order valence-electron chi connectivity index (χ2n) is 5.57. The molecule has 8 heteroatoms. The first kappa shape index (κ1) is 18.9. The van der Waals surface area contributed by atoms with Gasteiger partial charge in [-0.3, -0.25) is 9.36 Å². The van der Waals surface area contributed by atoms with Crippen LogP contribution in [0.5, 0.6) is 5.75 Å². The quantitative estimate of drug-likeness (QED) is 0.456. The van der Waals surface area contributed by atoms with Crippen molar-refractivity contribution in [3.8, 4) is 11.4 Å². The predicted octanol–water partition coefficient (Wildman–Crippen LogP) is 3.64. The molecule has 0 amide bonds. The van der Waals surface area contributed by atoms with Crippen molar-refractivity contribution in [2.45, 2.75) is 23.9 Å². The maximum absolute atomic E-state index is 13.8. The zero-order valence-electron chi connectivity index (χ0n) is 14.8. The molecule has 2 aromatic carbocycles. The number of hydrogen-bond acceptors (Lipinski definition) is 6. The zero-order chi connectivity index (χ0) is 19.2. The first-order chi connectivity index (χ1) is 13.1. The summed E-state index contributed by atoms with van der Waals surface area (Å²) in [5, 5.41) is 8.41. The van der Waals surface area contributed by atoms with Gasteiger partial charge in [-0.1, -0.05) is 42.1 Å². The molecule has 1 heterocycles. The molecule has 0 saturated heterocycles. The minimum atomic E-state index is -0.456. The Kier molecular flexibility index (Phi) is 6.08. The number of nitrogens with zero attached hydrogens (tertiary/aromatic N) is 3. The van der Waals surface area contributed by atoms with Gasteiger partial charge in [-0.15, -0.1) is 10.2 Å². The number of para-hydroxylation sites is 2. The smallest absolute Gasteiger partial charge is 0.318 e. The first-order valence-electron chi connectivity index (χ1n) is 8.21. The lowest BCUT2D eigenvalue weighted by Gasteiger charge is -2.13. The largest absolute Gasteiger partial charge is 0.483 e. The van der Waals surface area contributed by atoms with Crippen LogP contribution in [0.25, 0.3) is 5.69 Å². The van der Waals surface area contributed by atoms with Gasteiger partial charge in [0.15, 0.2) is 22.5 Å². The highest BCUT2D eigenvalue weighted by atomic mass is 32.2. The molecule has 3 aromatic rings. The van der Waals surface area contributed by atoms with Crippen LogP contribution in [0.4, 0.5) is 4.39 Å². The van der Waals surface area contributed by atoms with E-state index in [-0.39, 0.29) is 18.3 Å². The molecule has 0 aliphatic rings. The lowest BCUT2D eigenvalue weighted by molar-refractivity contribution is -0.139. The van der Waals surface area contributed by atoms with Crippen LogP contribution in [0.3, 0.4) is 0 Å². The van der Waals surface area contributed by atoms with E-state index in [1.165, 1.54) is 24.9 Å². The summed E-state index contributed by atoms with van der Waals surface area (Å²) in [6, 6.07) is 15.6. The van der Waals surface area contributed by atoms with Crippen LogP contribution in [0.1, 0.15) is 12.7 Å². The minimum absolute atomic E-state index is 0.0238. The van der Waals surface area contributed by atoms with Crippen molar-refractivity contribution in [1.29, 1.82) is 0 Å². The monoisotopic (exact) mass is 387 g/mol. The Balaban J connectivity index is 1.89. The van der Waals surface area contributed by atoms with E-state index >= 15 is 0 Å². The molecule has 1 aromatic heterocycles. The fourth-order valence-corrected chi connectivity index (χ4v) is 3.30. The Morgan fingerprint density at radius 1 is 1.15 bits per heavy atom. The second kappa shape index (κ2) is 8.68. The SMILES string of the molecule is COC(=O)[C@H](C)Sc1nnc(COc2ccccc2F)n1-c1ccccc1. The van der Waals surface area contributed by atoms with Gasteiger partial charge in [-0.25, -0.2) is 4.39 Å². The van der Waals surface area contributed by atoms with Gasteiger partial charge >= 0.3 is 5.97 Å². The summed E-state index contributed by atoms with van der Waals surface area (Å²) >= 11 is 1.23. The average Bonchev–Trinajstić information content (AvgIpc) is 3.09. The lowest BCUT2D eigenvalue weighted by atomic mass is 10.3. The minimum Gasteiger partial charge on any atom is -0.483 e. The molecule has 27 heavy (non-hydrogen) atoms. The zero-order valence-corrected chi connectivity index (χ0v) is 15.6.